The van der Waals surface area contributed by atoms with Crippen LogP contribution in [0.1, 0.15) is 70.4 Å². The minimum absolute atomic E-state index is 0.180. The molecule has 5 rings (SSSR count). The summed E-state index contributed by atoms with van der Waals surface area (Å²) in [6, 6.07) is 8.64. The van der Waals surface area contributed by atoms with Crippen molar-refractivity contribution in [2.45, 2.75) is 89.9 Å². The Labute approximate surface area is 239 Å². The zero-order valence-corrected chi connectivity index (χ0v) is 24.5. The fraction of sp³-hybridized carbons (Fsp3) is 0.594. The van der Waals surface area contributed by atoms with Gasteiger partial charge in [-0.3, -0.25) is 4.68 Å². The van der Waals surface area contributed by atoms with Crippen molar-refractivity contribution in [2.24, 2.45) is 0 Å². The van der Waals surface area contributed by atoms with Crippen LogP contribution in [0.2, 0.25) is 0 Å². The molecule has 0 atom stereocenters. The van der Waals surface area contributed by atoms with E-state index in [9.17, 15) is 0 Å². The zero-order chi connectivity index (χ0) is 27.7. The zero-order valence-electron chi connectivity index (χ0n) is 24.5. The van der Waals surface area contributed by atoms with E-state index in [1.807, 2.05) is 10.9 Å². The van der Waals surface area contributed by atoms with E-state index in [1.165, 1.54) is 19.3 Å². The number of aromatic nitrogens is 4. The summed E-state index contributed by atoms with van der Waals surface area (Å²) in [6.45, 7) is 5.63. The second-order valence-corrected chi connectivity index (χ2v) is 11.3. The van der Waals surface area contributed by atoms with Crippen molar-refractivity contribution in [3.63, 3.8) is 0 Å². The van der Waals surface area contributed by atoms with E-state index in [4.69, 9.17) is 14.2 Å². The highest BCUT2D eigenvalue weighted by Gasteiger charge is 2.22. The number of hydrogen-bond acceptors (Lipinski definition) is 7. The van der Waals surface area contributed by atoms with E-state index in [0.717, 1.165) is 91.7 Å². The van der Waals surface area contributed by atoms with Crippen molar-refractivity contribution in [1.29, 1.82) is 0 Å². The second-order valence-electron chi connectivity index (χ2n) is 11.3. The summed E-state index contributed by atoms with van der Waals surface area (Å²) in [4.78, 5) is 2.35. The minimum atomic E-state index is 0.180. The van der Waals surface area contributed by atoms with Gasteiger partial charge in [0.25, 0.3) is 0 Å². The monoisotopic (exact) mass is 547 g/mol. The largest absolute Gasteiger partial charge is 0.490 e. The van der Waals surface area contributed by atoms with Crippen LogP contribution < -0.4 is 9.47 Å². The summed E-state index contributed by atoms with van der Waals surface area (Å²) >= 11 is 0. The standard InChI is InChI=1S/C32H45N5O3/c1-4-5-11-30-28(21-32(35-34-30)40-27-14-16-36(2)17-15-27)24-12-13-31(39-26-9-7-6-8-10-26)29(20-24)25-22-33-37(23-25)18-19-38-3/h12-13,20-23,26-27H,4-11,14-19H2,1-3H3. The van der Waals surface area contributed by atoms with E-state index < -0.39 is 0 Å². The summed E-state index contributed by atoms with van der Waals surface area (Å²) in [5, 5.41) is 13.8. The fourth-order valence-electron chi connectivity index (χ4n) is 5.71. The second kappa shape index (κ2) is 14.1. The van der Waals surface area contributed by atoms with Crippen molar-refractivity contribution in [1.82, 2.24) is 24.9 Å². The Morgan fingerprint density at radius 2 is 1.70 bits per heavy atom. The van der Waals surface area contributed by atoms with Crippen LogP contribution in [0.3, 0.4) is 0 Å². The number of piperidine rings is 1. The highest BCUT2D eigenvalue weighted by Crippen LogP contribution is 2.38. The Bertz CT molecular complexity index is 1220. The SMILES string of the molecule is CCCCc1nnc(OC2CCN(C)CC2)cc1-c1ccc(OC2CCCCC2)c(-c2cnn(CCOC)c2)c1. The van der Waals surface area contributed by atoms with Gasteiger partial charge in [-0.1, -0.05) is 25.8 Å². The number of hydrogen-bond donors (Lipinski definition) is 0. The first-order valence-corrected chi connectivity index (χ1v) is 15.2. The van der Waals surface area contributed by atoms with Gasteiger partial charge in [0, 0.05) is 49.2 Å². The predicted octanol–water partition coefficient (Wildman–Crippen LogP) is 6.18. The highest BCUT2D eigenvalue weighted by atomic mass is 16.5. The lowest BCUT2D eigenvalue weighted by molar-refractivity contribution is 0.109. The van der Waals surface area contributed by atoms with Crippen LogP contribution >= 0.6 is 0 Å². The van der Waals surface area contributed by atoms with Gasteiger partial charge in [-0.2, -0.15) is 10.2 Å². The molecule has 1 aliphatic heterocycles. The van der Waals surface area contributed by atoms with Gasteiger partial charge in [0.1, 0.15) is 11.9 Å². The molecule has 2 aliphatic rings. The molecule has 40 heavy (non-hydrogen) atoms. The Kier molecular flexibility index (Phi) is 10.1. The smallest absolute Gasteiger partial charge is 0.234 e. The van der Waals surface area contributed by atoms with E-state index >= 15 is 0 Å². The number of aryl methyl sites for hydroxylation is 1. The lowest BCUT2D eigenvalue weighted by Crippen LogP contribution is -2.35. The molecular formula is C32H45N5O3. The highest BCUT2D eigenvalue weighted by molar-refractivity contribution is 5.78. The maximum Gasteiger partial charge on any atom is 0.234 e. The molecule has 0 radical (unpaired) electrons. The van der Waals surface area contributed by atoms with Crippen LogP contribution in [0.25, 0.3) is 22.3 Å². The van der Waals surface area contributed by atoms with Crippen molar-refractivity contribution in [3.05, 3.63) is 42.4 Å². The molecule has 3 heterocycles. The number of benzene rings is 1. The lowest BCUT2D eigenvalue weighted by Gasteiger charge is -2.29. The molecule has 1 saturated heterocycles. The van der Waals surface area contributed by atoms with Gasteiger partial charge in [0.15, 0.2) is 0 Å². The Morgan fingerprint density at radius 1 is 0.900 bits per heavy atom. The molecule has 0 N–H and O–H groups in total. The number of unbranched alkanes of at least 4 members (excludes halogenated alkanes) is 1. The summed E-state index contributed by atoms with van der Waals surface area (Å²) in [6.07, 6.45) is 15.5. The molecule has 1 aliphatic carbocycles. The van der Waals surface area contributed by atoms with Crippen molar-refractivity contribution >= 4 is 0 Å². The number of rotatable bonds is 12. The quantitative estimate of drug-likeness (QED) is 0.268. The van der Waals surface area contributed by atoms with Gasteiger partial charge >= 0.3 is 0 Å². The van der Waals surface area contributed by atoms with Gasteiger partial charge in [-0.25, -0.2) is 0 Å². The Balaban J connectivity index is 1.49. The maximum atomic E-state index is 6.63. The number of ether oxygens (including phenoxy) is 3. The molecule has 216 valence electrons. The molecular weight excluding hydrogens is 502 g/mol. The molecule has 0 amide bonds. The van der Waals surface area contributed by atoms with Crippen LogP contribution in [0.4, 0.5) is 0 Å². The lowest BCUT2D eigenvalue weighted by atomic mass is 9.96. The summed E-state index contributed by atoms with van der Waals surface area (Å²) in [5.74, 6) is 1.53. The van der Waals surface area contributed by atoms with Crippen LogP contribution in [0, 0.1) is 0 Å². The molecule has 0 bridgehead atoms. The molecule has 8 heteroatoms. The van der Waals surface area contributed by atoms with Crippen molar-refractivity contribution < 1.29 is 14.2 Å². The fourth-order valence-corrected chi connectivity index (χ4v) is 5.71. The van der Waals surface area contributed by atoms with Gasteiger partial charge in [-0.15, -0.1) is 5.10 Å². The van der Waals surface area contributed by atoms with Gasteiger partial charge < -0.3 is 19.1 Å². The van der Waals surface area contributed by atoms with Gasteiger partial charge in [0.05, 0.1) is 31.1 Å². The third-order valence-corrected chi connectivity index (χ3v) is 8.17. The number of nitrogens with zero attached hydrogens (tertiary/aromatic N) is 5. The molecule has 3 aromatic rings. The van der Waals surface area contributed by atoms with Crippen molar-refractivity contribution in [3.8, 4) is 33.9 Å². The topological polar surface area (TPSA) is 74.5 Å². The van der Waals surface area contributed by atoms with E-state index in [2.05, 4.69) is 64.6 Å². The van der Waals surface area contributed by atoms with Crippen LogP contribution in [-0.2, 0) is 17.7 Å². The first kappa shape index (κ1) is 28.6. The first-order chi connectivity index (χ1) is 19.6. The minimum Gasteiger partial charge on any atom is -0.490 e. The molecule has 0 unspecified atom stereocenters. The molecule has 8 nitrogen and oxygen atoms in total. The third kappa shape index (κ3) is 7.40. The van der Waals surface area contributed by atoms with Gasteiger partial charge in [-0.05, 0) is 76.1 Å². The first-order valence-electron chi connectivity index (χ1n) is 15.2. The summed E-state index contributed by atoms with van der Waals surface area (Å²) in [7, 11) is 3.88. The molecule has 0 spiro atoms. The molecule has 1 aromatic carbocycles. The maximum absolute atomic E-state index is 6.63. The van der Waals surface area contributed by atoms with E-state index in [-0.39, 0.29) is 12.2 Å². The van der Waals surface area contributed by atoms with E-state index in [0.29, 0.717) is 19.0 Å². The number of likely N-dealkylation sites (tertiary alicyclic amines) is 1. The Hall–Kier alpha value is -2.97. The average molecular weight is 548 g/mol. The van der Waals surface area contributed by atoms with Crippen LogP contribution in [-0.4, -0.2) is 70.9 Å². The molecule has 1 saturated carbocycles. The van der Waals surface area contributed by atoms with E-state index in [1.54, 1.807) is 7.11 Å². The van der Waals surface area contributed by atoms with Crippen molar-refractivity contribution in [2.75, 3.05) is 33.9 Å². The average Bonchev–Trinajstić information content (AvgIpc) is 3.46. The Morgan fingerprint density at radius 3 is 2.48 bits per heavy atom. The third-order valence-electron chi connectivity index (χ3n) is 8.17. The normalized spacial score (nSPS) is 17.3. The van der Waals surface area contributed by atoms with Crippen LogP contribution in [0.5, 0.6) is 11.6 Å². The summed E-state index contributed by atoms with van der Waals surface area (Å²) < 4.78 is 20.2. The van der Waals surface area contributed by atoms with Crippen LogP contribution in [0.15, 0.2) is 36.7 Å². The number of methoxy groups -OCH3 is 1. The summed E-state index contributed by atoms with van der Waals surface area (Å²) in [5.41, 5.74) is 5.31. The van der Waals surface area contributed by atoms with Gasteiger partial charge in [0.2, 0.25) is 5.88 Å². The molecule has 2 aromatic heterocycles. The molecule has 2 fully saturated rings. The predicted molar refractivity (Wildman–Crippen MR) is 158 cm³/mol.